The maximum Gasteiger partial charge on any atom is 0.267 e. The maximum absolute atomic E-state index is 13.0. The second kappa shape index (κ2) is 8.47. The average molecular weight is 477 g/mol. The van der Waals surface area contributed by atoms with Gasteiger partial charge in [-0.1, -0.05) is 23.2 Å². The SMILES string of the molecule is Nc1c(C(=O)Nc2ccc(Cl)c(Cl)c2)sc2nc(N3CCOCC3)c3c(c12)CCCC3. The number of carbonyl (C=O) groups excluding carboxylic acids is 1. The Labute approximate surface area is 194 Å². The number of pyridine rings is 1. The molecule has 0 radical (unpaired) electrons. The number of nitrogens with zero attached hydrogens (tertiary/aromatic N) is 2. The normalized spacial score (nSPS) is 16.4. The highest BCUT2D eigenvalue weighted by Crippen LogP contribution is 2.42. The number of hydrogen-bond acceptors (Lipinski definition) is 6. The van der Waals surface area contributed by atoms with E-state index in [1.54, 1.807) is 18.2 Å². The van der Waals surface area contributed by atoms with Crippen molar-refractivity contribution in [3.8, 4) is 0 Å². The molecule has 1 fully saturated rings. The van der Waals surface area contributed by atoms with Crippen molar-refractivity contribution >= 4 is 67.9 Å². The quantitative estimate of drug-likeness (QED) is 0.545. The Kier molecular flexibility index (Phi) is 5.69. The molecular formula is C22H22Cl2N4O2S. The van der Waals surface area contributed by atoms with Crippen LogP contribution in [-0.2, 0) is 17.6 Å². The number of benzene rings is 1. The van der Waals surface area contributed by atoms with Crippen LogP contribution in [0.2, 0.25) is 10.0 Å². The molecule has 31 heavy (non-hydrogen) atoms. The molecule has 3 aromatic rings. The lowest BCUT2D eigenvalue weighted by Gasteiger charge is -2.31. The Morgan fingerprint density at radius 2 is 1.87 bits per heavy atom. The monoisotopic (exact) mass is 476 g/mol. The van der Waals surface area contributed by atoms with Crippen LogP contribution < -0.4 is 16.0 Å². The molecule has 0 atom stereocenters. The van der Waals surface area contributed by atoms with E-state index in [1.165, 1.54) is 22.5 Å². The second-order valence-electron chi connectivity index (χ2n) is 7.81. The Hall–Kier alpha value is -2.06. The summed E-state index contributed by atoms with van der Waals surface area (Å²) in [7, 11) is 0. The number of amides is 1. The van der Waals surface area contributed by atoms with Crippen molar-refractivity contribution in [3.05, 3.63) is 44.2 Å². The molecule has 0 unspecified atom stereocenters. The van der Waals surface area contributed by atoms with Gasteiger partial charge in [0.15, 0.2) is 0 Å². The van der Waals surface area contributed by atoms with E-state index in [1.807, 2.05) is 0 Å². The molecule has 1 aliphatic carbocycles. The van der Waals surface area contributed by atoms with Gasteiger partial charge in [-0.2, -0.15) is 0 Å². The summed E-state index contributed by atoms with van der Waals surface area (Å²) >= 11 is 13.4. The van der Waals surface area contributed by atoms with Crippen LogP contribution in [0.1, 0.15) is 33.6 Å². The maximum atomic E-state index is 13.0. The highest BCUT2D eigenvalue weighted by atomic mass is 35.5. The van der Waals surface area contributed by atoms with Gasteiger partial charge in [0.25, 0.3) is 5.91 Å². The molecular weight excluding hydrogens is 455 g/mol. The van der Waals surface area contributed by atoms with Crippen molar-refractivity contribution < 1.29 is 9.53 Å². The van der Waals surface area contributed by atoms with Gasteiger partial charge in [-0.25, -0.2) is 4.98 Å². The summed E-state index contributed by atoms with van der Waals surface area (Å²) in [6, 6.07) is 4.99. The van der Waals surface area contributed by atoms with Crippen LogP contribution in [-0.4, -0.2) is 37.2 Å². The van der Waals surface area contributed by atoms with Gasteiger partial charge >= 0.3 is 0 Å². The standard InChI is InChI=1S/C22H22Cl2N4O2S/c23-15-6-5-12(11-16(15)24)26-21(29)19-18(25)17-13-3-1-2-4-14(13)20(27-22(17)31-19)28-7-9-30-10-8-28/h5-6,11H,1-4,7-10,25H2,(H,26,29). The average Bonchev–Trinajstić information content (AvgIpc) is 3.13. The molecule has 2 aromatic heterocycles. The summed E-state index contributed by atoms with van der Waals surface area (Å²) in [5.74, 6) is 0.763. The Bertz CT molecular complexity index is 1170. The van der Waals surface area contributed by atoms with Crippen molar-refractivity contribution in [3.63, 3.8) is 0 Å². The molecule has 2 aliphatic rings. The van der Waals surface area contributed by atoms with E-state index in [2.05, 4.69) is 10.2 Å². The van der Waals surface area contributed by atoms with E-state index in [0.29, 0.717) is 39.5 Å². The van der Waals surface area contributed by atoms with Gasteiger partial charge < -0.3 is 20.7 Å². The van der Waals surface area contributed by atoms with Crippen LogP contribution in [0.15, 0.2) is 18.2 Å². The number of halogens is 2. The molecule has 9 heteroatoms. The summed E-state index contributed by atoms with van der Waals surface area (Å²) in [6.45, 7) is 3.07. The van der Waals surface area contributed by atoms with E-state index in [9.17, 15) is 4.79 Å². The Morgan fingerprint density at radius 3 is 2.61 bits per heavy atom. The molecule has 1 aliphatic heterocycles. The summed E-state index contributed by atoms with van der Waals surface area (Å²) in [5, 5.41) is 4.64. The number of nitrogen functional groups attached to an aromatic ring is 1. The highest BCUT2D eigenvalue weighted by Gasteiger charge is 2.27. The predicted octanol–water partition coefficient (Wildman–Crippen LogP) is 5.15. The molecule has 0 spiro atoms. The first-order chi connectivity index (χ1) is 15.0. The van der Waals surface area contributed by atoms with Crippen LogP contribution in [0.3, 0.4) is 0 Å². The first kappa shape index (κ1) is 20.8. The lowest BCUT2D eigenvalue weighted by Crippen LogP contribution is -2.37. The van der Waals surface area contributed by atoms with Gasteiger partial charge in [-0.15, -0.1) is 11.3 Å². The summed E-state index contributed by atoms with van der Waals surface area (Å²) in [4.78, 5) is 21.6. The zero-order chi connectivity index (χ0) is 21.5. The van der Waals surface area contributed by atoms with Gasteiger partial charge in [0.1, 0.15) is 15.5 Å². The van der Waals surface area contributed by atoms with Crippen LogP contribution in [0.5, 0.6) is 0 Å². The van der Waals surface area contributed by atoms with Crippen molar-refractivity contribution in [1.82, 2.24) is 4.98 Å². The van der Waals surface area contributed by atoms with Crippen molar-refractivity contribution in [1.29, 1.82) is 0 Å². The van der Waals surface area contributed by atoms with Crippen molar-refractivity contribution in [2.24, 2.45) is 0 Å². The molecule has 162 valence electrons. The number of fused-ring (bicyclic) bond motifs is 3. The van der Waals surface area contributed by atoms with E-state index < -0.39 is 0 Å². The summed E-state index contributed by atoms with van der Waals surface area (Å²) in [6.07, 6.45) is 4.21. The number of aryl methyl sites for hydroxylation is 1. The Morgan fingerprint density at radius 1 is 1.13 bits per heavy atom. The van der Waals surface area contributed by atoms with E-state index in [4.69, 9.17) is 38.7 Å². The zero-order valence-corrected chi connectivity index (χ0v) is 19.2. The van der Waals surface area contributed by atoms with Crippen molar-refractivity contribution in [2.75, 3.05) is 42.3 Å². The fourth-order valence-corrected chi connectivity index (χ4v) is 5.68. The van der Waals surface area contributed by atoms with Crippen molar-refractivity contribution in [2.45, 2.75) is 25.7 Å². The lowest BCUT2D eigenvalue weighted by atomic mass is 9.89. The largest absolute Gasteiger partial charge is 0.397 e. The third-order valence-electron chi connectivity index (χ3n) is 5.87. The van der Waals surface area contributed by atoms with Gasteiger partial charge in [-0.3, -0.25) is 4.79 Å². The van der Waals surface area contributed by atoms with E-state index in [-0.39, 0.29) is 5.91 Å². The second-order valence-corrected chi connectivity index (χ2v) is 9.62. The minimum absolute atomic E-state index is 0.267. The molecule has 5 rings (SSSR count). The van der Waals surface area contributed by atoms with Gasteiger partial charge in [0.05, 0.1) is 28.9 Å². The fraction of sp³-hybridized carbons (Fsp3) is 0.364. The summed E-state index contributed by atoms with van der Waals surface area (Å²) in [5.41, 5.74) is 10.1. The number of carbonyl (C=O) groups is 1. The number of hydrogen-bond donors (Lipinski definition) is 2. The molecule has 1 amide bonds. The van der Waals surface area contributed by atoms with Crippen LogP contribution in [0.4, 0.5) is 17.2 Å². The van der Waals surface area contributed by atoms with Crippen LogP contribution >= 0.6 is 34.5 Å². The number of anilines is 3. The number of rotatable bonds is 3. The topological polar surface area (TPSA) is 80.5 Å². The van der Waals surface area contributed by atoms with E-state index >= 15 is 0 Å². The molecule has 1 saturated heterocycles. The minimum Gasteiger partial charge on any atom is -0.397 e. The number of nitrogens with one attached hydrogen (secondary N) is 1. The van der Waals surface area contributed by atoms with E-state index in [0.717, 1.165) is 54.8 Å². The predicted molar refractivity (Wildman–Crippen MR) is 128 cm³/mol. The number of nitrogens with two attached hydrogens (primary N) is 1. The summed E-state index contributed by atoms with van der Waals surface area (Å²) < 4.78 is 5.52. The smallest absolute Gasteiger partial charge is 0.267 e. The van der Waals surface area contributed by atoms with Gasteiger partial charge in [-0.05, 0) is 55.0 Å². The van der Waals surface area contributed by atoms with Crippen LogP contribution in [0.25, 0.3) is 10.2 Å². The molecule has 6 nitrogen and oxygen atoms in total. The number of ether oxygens (including phenoxy) is 1. The van der Waals surface area contributed by atoms with Gasteiger partial charge in [0, 0.05) is 24.2 Å². The molecule has 0 saturated carbocycles. The fourth-order valence-electron chi connectivity index (χ4n) is 4.36. The van der Waals surface area contributed by atoms with Crippen LogP contribution in [0, 0.1) is 0 Å². The first-order valence-corrected chi connectivity index (χ1v) is 11.9. The Balaban J connectivity index is 1.56. The molecule has 3 N–H and O–H groups in total. The molecule has 3 heterocycles. The highest BCUT2D eigenvalue weighted by molar-refractivity contribution is 7.21. The number of thiophene rings is 1. The third kappa shape index (κ3) is 3.84. The molecule has 1 aromatic carbocycles. The minimum atomic E-state index is -0.267. The third-order valence-corrected chi connectivity index (χ3v) is 7.71. The number of morpholine rings is 1. The zero-order valence-electron chi connectivity index (χ0n) is 16.8. The van der Waals surface area contributed by atoms with Gasteiger partial charge in [0.2, 0.25) is 0 Å². The number of aromatic nitrogens is 1. The first-order valence-electron chi connectivity index (χ1n) is 10.4. The lowest BCUT2D eigenvalue weighted by molar-refractivity contribution is 0.103. The molecule has 0 bridgehead atoms.